The molecule has 0 bridgehead atoms. The van der Waals surface area contributed by atoms with Crippen LogP contribution < -0.4 is 0 Å². The van der Waals surface area contributed by atoms with E-state index in [1.54, 1.807) is 0 Å². The monoisotopic (exact) mass is 226 g/mol. The molecule has 0 N–H and O–H groups in total. The number of benzene rings is 2. The van der Waals surface area contributed by atoms with Crippen molar-refractivity contribution >= 4 is 16.6 Å². The second kappa shape index (κ2) is 5.30. The Morgan fingerprint density at radius 1 is 1.18 bits per heavy atom. The first kappa shape index (κ1) is 11.4. The van der Waals surface area contributed by atoms with E-state index in [4.69, 9.17) is 4.74 Å². The van der Waals surface area contributed by atoms with E-state index < -0.39 is 0 Å². The summed E-state index contributed by atoms with van der Waals surface area (Å²) in [5.41, 5.74) is 0.707. The van der Waals surface area contributed by atoms with Crippen molar-refractivity contribution in [2.45, 2.75) is 6.92 Å². The van der Waals surface area contributed by atoms with Crippen LogP contribution in [0.15, 0.2) is 54.8 Å². The summed E-state index contributed by atoms with van der Waals surface area (Å²) in [5, 5.41) is 2.05. The molecule has 0 aliphatic rings. The Labute approximate surface area is 101 Å². The van der Waals surface area contributed by atoms with Crippen molar-refractivity contribution in [1.82, 2.24) is 0 Å². The van der Waals surface area contributed by atoms with Gasteiger partial charge in [0.15, 0.2) is 5.78 Å². The Bertz CT molecular complexity index is 550. The summed E-state index contributed by atoms with van der Waals surface area (Å²) in [6.07, 6.45) is 2.91. The molecule has 0 amide bonds. The highest BCUT2D eigenvalue weighted by Crippen LogP contribution is 2.19. The molecule has 2 heteroatoms. The van der Waals surface area contributed by atoms with Crippen LogP contribution in [0.4, 0.5) is 0 Å². The van der Waals surface area contributed by atoms with E-state index in [0.717, 1.165) is 10.8 Å². The SMILES string of the molecule is CCO/C=C/C(=O)c1cccc2ccccc12. The predicted molar refractivity (Wildman–Crippen MR) is 69.0 cm³/mol. The molecule has 0 aliphatic heterocycles. The highest BCUT2D eigenvalue weighted by Gasteiger charge is 2.06. The zero-order valence-corrected chi connectivity index (χ0v) is 9.72. The number of ketones is 1. The van der Waals surface area contributed by atoms with Gasteiger partial charge < -0.3 is 4.74 Å². The maximum absolute atomic E-state index is 12.0. The number of hydrogen-bond acceptors (Lipinski definition) is 2. The number of ether oxygens (including phenoxy) is 1. The molecular formula is C15H14O2. The average molecular weight is 226 g/mol. The van der Waals surface area contributed by atoms with E-state index in [1.807, 2.05) is 49.4 Å². The molecule has 86 valence electrons. The van der Waals surface area contributed by atoms with Gasteiger partial charge in [-0.15, -0.1) is 0 Å². The van der Waals surface area contributed by atoms with Gasteiger partial charge in [0.2, 0.25) is 0 Å². The van der Waals surface area contributed by atoms with Crippen molar-refractivity contribution in [1.29, 1.82) is 0 Å². The van der Waals surface area contributed by atoms with Crippen molar-refractivity contribution in [3.05, 3.63) is 60.4 Å². The summed E-state index contributed by atoms with van der Waals surface area (Å²) in [7, 11) is 0. The summed E-state index contributed by atoms with van der Waals surface area (Å²) >= 11 is 0. The van der Waals surface area contributed by atoms with E-state index in [1.165, 1.54) is 12.3 Å². The van der Waals surface area contributed by atoms with Crippen LogP contribution in [-0.2, 0) is 4.74 Å². The van der Waals surface area contributed by atoms with Crippen LogP contribution in [0, 0.1) is 0 Å². The summed E-state index contributed by atoms with van der Waals surface area (Å²) in [6, 6.07) is 13.6. The maximum Gasteiger partial charge on any atom is 0.189 e. The van der Waals surface area contributed by atoms with Gasteiger partial charge in [0.05, 0.1) is 12.9 Å². The van der Waals surface area contributed by atoms with Gasteiger partial charge in [0.25, 0.3) is 0 Å². The van der Waals surface area contributed by atoms with Gasteiger partial charge in [-0.25, -0.2) is 0 Å². The minimum atomic E-state index is -0.0322. The van der Waals surface area contributed by atoms with Crippen molar-refractivity contribution in [2.75, 3.05) is 6.61 Å². The smallest absolute Gasteiger partial charge is 0.189 e. The van der Waals surface area contributed by atoms with E-state index in [9.17, 15) is 4.79 Å². The van der Waals surface area contributed by atoms with Gasteiger partial charge >= 0.3 is 0 Å². The Morgan fingerprint density at radius 3 is 2.76 bits per heavy atom. The summed E-state index contributed by atoms with van der Waals surface area (Å²) in [5.74, 6) is -0.0322. The average Bonchev–Trinajstić information content (AvgIpc) is 2.38. The normalized spacial score (nSPS) is 10.9. The fourth-order valence-corrected chi connectivity index (χ4v) is 1.74. The van der Waals surface area contributed by atoms with Crippen molar-refractivity contribution in [2.24, 2.45) is 0 Å². The van der Waals surface area contributed by atoms with Crippen molar-refractivity contribution < 1.29 is 9.53 Å². The van der Waals surface area contributed by atoms with Crippen LogP contribution in [0.25, 0.3) is 10.8 Å². The summed E-state index contributed by atoms with van der Waals surface area (Å²) in [4.78, 5) is 12.0. The lowest BCUT2D eigenvalue weighted by Crippen LogP contribution is -1.96. The van der Waals surface area contributed by atoms with Crippen molar-refractivity contribution in [3.63, 3.8) is 0 Å². The molecule has 0 fully saturated rings. The number of carbonyl (C=O) groups excluding carboxylic acids is 1. The van der Waals surface area contributed by atoms with Crippen LogP contribution in [0.2, 0.25) is 0 Å². The standard InChI is InChI=1S/C15H14O2/c1-2-17-11-10-15(16)14-9-5-7-12-6-3-4-8-13(12)14/h3-11H,2H2,1H3/b11-10+. The third-order valence-electron chi connectivity index (χ3n) is 2.54. The van der Waals surface area contributed by atoms with Crippen LogP contribution in [0.1, 0.15) is 17.3 Å². The predicted octanol–water partition coefficient (Wildman–Crippen LogP) is 3.57. The number of rotatable bonds is 4. The molecule has 2 nitrogen and oxygen atoms in total. The first-order valence-corrected chi connectivity index (χ1v) is 5.63. The molecule has 0 saturated carbocycles. The molecule has 0 aliphatic carbocycles. The third kappa shape index (κ3) is 2.53. The molecule has 2 aromatic rings. The van der Waals surface area contributed by atoms with Gasteiger partial charge in [-0.1, -0.05) is 42.5 Å². The van der Waals surface area contributed by atoms with Gasteiger partial charge in [-0.3, -0.25) is 4.79 Å². The van der Waals surface area contributed by atoms with E-state index in [-0.39, 0.29) is 5.78 Å². The third-order valence-corrected chi connectivity index (χ3v) is 2.54. The Morgan fingerprint density at radius 2 is 1.94 bits per heavy atom. The van der Waals surface area contributed by atoms with E-state index in [0.29, 0.717) is 12.2 Å². The molecule has 2 aromatic carbocycles. The first-order valence-electron chi connectivity index (χ1n) is 5.63. The Kier molecular flexibility index (Phi) is 3.55. The molecule has 0 radical (unpaired) electrons. The lowest BCUT2D eigenvalue weighted by Gasteiger charge is -2.02. The lowest BCUT2D eigenvalue weighted by molar-refractivity contribution is 0.104. The van der Waals surface area contributed by atoms with E-state index >= 15 is 0 Å². The van der Waals surface area contributed by atoms with Gasteiger partial charge in [0, 0.05) is 11.6 Å². The quantitative estimate of drug-likeness (QED) is 0.452. The maximum atomic E-state index is 12.0. The minimum Gasteiger partial charge on any atom is -0.501 e. The van der Waals surface area contributed by atoms with E-state index in [2.05, 4.69) is 0 Å². The zero-order valence-electron chi connectivity index (χ0n) is 9.72. The minimum absolute atomic E-state index is 0.0322. The van der Waals surface area contributed by atoms with Gasteiger partial charge in [0.1, 0.15) is 0 Å². The van der Waals surface area contributed by atoms with Gasteiger partial charge in [-0.05, 0) is 17.7 Å². The number of carbonyl (C=O) groups is 1. The molecule has 0 aromatic heterocycles. The molecule has 0 spiro atoms. The number of allylic oxidation sites excluding steroid dienone is 1. The van der Waals surface area contributed by atoms with Gasteiger partial charge in [-0.2, -0.15) is 0 Å². The zero-order chi connectivity index (χ0) is 12.1. The summed E-state index contributed by atoms with van der Waals surface area (Å²) in [6.45, 7) is 2.45. The highest BCUT2D eigenvalue weighted by molar-refractivity contribution is 6.13. The Balaban J connectivity index is 2.38. The molecule has 17 heavy (non-hydrogen) atoms. The van der Waals surface area contributed by atoms with Crippen LogP contribution in [0.5, 0.6) is 0 Å². The summed E-state index contributed by atoms with van der Waals surface area (Å²) < 4.78 is 5.04. The molecule has 0 atom stereocenters. The van der Waals surface area contributed by atoms with Crippen LogP contribution >= 0.6 is 0 Å². The number of fused-ring (bicyclic) bond motifs is 1. The van der Waals surface area contributed by atoms with Crippen molar-refractivity contribution in [3.8, 4) is 0 Å². The second-order valence-electron chi connectivity index (χ2n) is 3.65. The second-order valence-corrected chi connectivity index (χ2v) is 3.65. The molecular weight excluding hydrogens is 212 g/mol. The largest absolute Gasteiger partial charge is 0.501 e. The molecule has 2 rings (SSSR count). The van der Waals surface area contributed by atoms with Crippen LogP contribution in [0.3, 0.4) is 0 Å². The first-order chi connectivity index (χ1) is 8.33. The lowest BCUT2D eigenvalue weighted by atomic mass is 10.0. The fourth-order valence-electron chi connectivity index (χ4n) is 1.74. The Hall–Kier alpha value is -2.09. The fraction of sp³-hybridized carbons (Fsp3) is 0.133. The molecule has 0 heterocycles. The molecule has 0 saturated heterocycles. The highest BCUT2D eigenvalue weighted by atomic mass is 16.5. The topological polar surface area (TPSA) is 26.3 Å². The number of hydrogen-bond donors (Lipinski definition) is 0. The molecule has 0 unspecified atom stereocenters. The van der Waals surface area contributed by atoms with Crippen LogP contribution in [-0.4, -0.2) is 12.4 Å².